The summed E-state index contributed by atoms with van der Waals surface area (Å²) in [6.07, 6.45) is 2.01. The Morgan fingerprint density at radius 1 is 1.24 bits per heavy atom. The van der Waals surface area contributed by atoms with Gasteiger partial charge in [0.25, 0.3) is 0 Å². The third-order valence-electron chi connectivity index (χ3n) is 3.17. The first-order valence-corrected chi connectivity index (χ1v) is 7.26. The van der Waals surface area contributed by atoms with E-state index < -0.39 is 0 Å². The van der Waals surface area contributed by atoms with Gasteiger partial charge in [-0.05, 0) is 13.5 Å². The summed E-state index contributed by atoms with van der Waals surface area (Å²) in [5.41, 5.74) is 0. The Kier molecular flexibility index (Phi) is 4.76. The van der Waals surface area contributed by atoms with Crippen LogP contribution in [0.15, 0.2) is 6.20 Å². The van der Waals surface area contributed by atoms with Crippen LogP contribution in [0.3, 0.4) is 0 Å². The first-order chi connectivity index (χ1) is 8.31. The molecule has 17 heavy (non-hydrogen) atoms. The van der Waals surface area contributed by atoms with Crippen molar-refractivity contribution < 1.29 is 0 Å². The van der Waals surface area contributed by atoms with Gasteiger partial charge >= 0.3 is 0 Å². The molecule has 0 aromatic carbocycles. The molecule has 1 N–H and O–H groups in total. The van der Waals surface area contributed by atoms with Crippen LogP contribution in [0.25, 0.3) is 0 Å². The molecule has 1 aliphatic rings. The summed E-state index contributed by atoms with van der Waals surface area (Å²) >= 11 is 1.78. The van der Waals surface area contributed by atoms with Crippen molar-refractivity contribution in [2.45, 2.75) is 20.4 Å². The zero-order valence-corrected chi connectivity index (χ0v) is 11.6. The van der Waals surface area contributed by atoms with Gasteiger partial charge in [-0.25, -0.2) is 4.98 Å². The third-order valence-corrected chi connectivity index (χ3v) is 4.11. The number of nitrogens with zero attached hydrogens (tertiary/aromatic N) is 3. The molecule has 1 saturated heterocycles. The van der Waals surface area contributed by atoms with E-state index >= 15 is 0 Å². The topological polar surface area (TPSA) is 31.4 Å². The van der Waals surface area contributed by atoms with Gasteiger partial charge in [0.1, 0.15) is 0 Å². The van der Waals surface area contributed by atoms with Crippen molar-refractivity contribution >= 4 is 16.5 Å². The molecule has 0 unspecified atom stereocenters. The Morgan fingerprint density at radius 3 is 2.59 bits per heavy atom. The smallest absolute Gasteiger partial charge is 0.182 e. The fraction of sp³-hybridized carbons (Fsp3) is 0.750. The van der Waals surface area contributed by atoms with E-state index in [1.54, 1.807) is 11.3 Å². The second kappa shape index (κ2) is 6.33. The quantitative estimate of drug-likeness (QED) is 0.867. The summed E-state index contributed by atoms with van der Waals surface area (Å²) in [7, 11) is 0. The average molecular weight is 254 g/mol. The minimum absolute atomic E-state index is 0.947. The molecule has 0 amide bonds. The van der Waals surface area contributed by atoms with Crippen LogP contribution in [-0.2, 0) is 6.54 Å². The number of hydrogen-bond acceptors (Lipinski definition) is 5. The second-order valence-electron chi connectivity index (χ2n) is 4.37. The van der Waals surface area contributed by atoms with E-state index in [1.807, 2.05) is 6.20 Å². The van der Waals surface area contributed by atoms with Crippen LogP contribution >= 0.6 is 11.3 Å². The monoisotopic (exact) mass is 254 g/mol. The van der Waals surface area contributed by atoms with Crippen molar-refractivity contribution in [1.82, 2.24) is 14.8 Å². The molecule has 0 bridgehead atoms. The average Bonchev–Trinajstić information content (AvgIpc) is 2.78. The van der Waals surface area contributed by atoms with Crippen molar-refractivity contribution in [3.05, 3.63) is 11.1 Å². The number of thiazole rings is 1. The maximum atomic E-state index is 4.37. The summed E-state index contributed by atoms with van der Waals surface area (Å²) in [5, 5.41) is 4.31. The van der Waals surface area contributed by atoms with Crippen molar-refractivity contribution in [3.8, 4) is 0 Å². The number of aromatic nitrogens is 1. The van der Waals surface area contributed by atoms with Gasteiger partial charge in [-0.3, -0.25) is 4.90 Å². The molecule has 1 aromatic heterocycles. The van der Waals surface area contributed by atoms with Crippen LogP contribution in [0, 0.1) is 0 Å². The molecule has 0 spiro atoms. The number of anilines is 1. The first-order valence-electron chi connectivity index (χ1n) is 6.45. The van der Waals surface area contributed by atoms with Crippen LogP contribution < -0.4 is 5.32 Å². The number of hydrogen-bond donors (Lipinski definition) is 1. The summed E-state index contributed by atoms with van der Waals surface area (Å²) in [6.45, 7) is 12.3. The maximum absolute atomic E-state index is 4.37. The molecule has 2 rings (SSSR count). The molecule has 96 valence electrons. The Labute approximate surface area is 108 Å². The van der Waals surface area contributed by atoms with Gasteiger partial charge in [-0.2, -0.15) is 0 Å². The molecule has 1 aliphatic heterocycles. The fourth-order valence-corrected chi connectivity index (χ4v) is 3.02. The molecule has 2 heterocycles. The zero-order chi connectivity index (χ0) is 12.1. The van der Waals surface area contributed by atoms with Crippen molar-refractivity contribution in [1.29, 1.82) is 0 Å². The van der Waals surface area contributed by atoms with Crippen LogP contribution in [0.4, 0.5) is 5.13 Å². The second-order valence-corrected chi connectivity index (χ2v) is 5.49. The van der Waals surface area contributed by atoms with E-state index in [4.69, 9.17) is 0 Å². The summed E-state index contributed by atoms with van der Waals surface area (Å²) in [6, 6.07) is 0. The van der Waals surface area contributed by atoms with Crippen molar-refractivity contribution in [2.24, 2.45) is 0 Å². The Morgan fingerprint density at radius 2 is 1.94 bits per heavy atom. The van der Waals surface area contributed by atoms with Crippen molar-refractivity contribution in [3.63, 3.8) is 0 Å². The van der Waals surface area contributed by atoms with Gasteiger partial charge in [0.05, 0.1) is 0 Å². The van der Waals surface area contributed by atoms with E-state index in [0.717, 1.165) is 18.2 Å². The lowest BCUT2D eigenvalue weighted by molar-refractivity contribution is 0.133. The summed E-state index contributed by atoms with van der Waals surface area (Å²) in [4.78, 5) is 10.8. The van der Waals surface area contributed by atoms with Gasteiger partial charge in [-0.1, -0.05) is 6.92 Å². The molecule has 0 atom stereocenters. The zero-order valence-electron chi connectivity index (χ0n) is 10.8. The maximum Gasteiger partial charge on any atom is 0.182 e. The molecule has 0 aliphatic carbocycles. The number of nitrogens with one attached hydrogen (secondary N) is 1. The molecule has 1 fully saturated rings. The van der Waals surface area contributed by atoms with Crippen LogP contribution in [-0.4, -0.2) is 54.1 Å². The van der Waals surface area contributed by atoms with E-state index in [2.05, 4.69) is 33.9 Å². The number of rotatable bonds is 5. The van der Waals surface area contributed by atoms with E-state index in [1.165, 1.54) is 37.6 Å². The highest BCUT2D eigenvalue weighted by molar-refractivity contribution is 7.15. The minimum Gasteiger partial charge on any atom is -0.362 e. The fourth-order valence-electron chi connectivity index (χ4n) is 2.10. The van der Waals surface area contributed by atoms with Crippen LogP contribution in [0.1, 0.15) is 18.7 Å². The first kappa shape index (κ1) is 12.8. The van der Waals surface area contributed by atoms with Crippen molar-refractivity contribution in [2.75, 3.05) is 44.6 Å². The Balaban J connectivity index is 1.80. The lowest BCUT2D eigenvalue weighted by Crippen LogP contribution is -2.45. The summed E-state index contributed by atoms with van der Waals surface area (Å²) < 4.78 is 0. The lowest BCUT2D eigenvalue weighted by atomic mass is 10.3. The molecular formula is C12H22N4S. The highest BCUT2D eigenvalue weighted by Gasteiger charge is 2.16. The highest BCUT2D eigenvalue weighted by Crippen LogP contribution is 2.19. The van der Waals surface area contributed by atoms with Crippen LogP contribution in [0.5, 0.6) is 0 Å². The van der Waals surface area contributed by atoms with Crippen LogP contribution in [0.2, 0.25) is 0 Å². The van der Waals surface area contributed by atoms with Gasteiger partial charge in [0, 0.05) is 50.3 Å². The third kappa shape index (κ3) is 3.66. The largest absolute Gasteiger partial charge is 0.362 e. The van der Waals surface area contributed by atoms with Gasteiger partial charge < -0.3 is 10.2 Å². The standard InChI is InChI=1S/C12H22N4S/c1-3-13-12-14-9-11(17-12)10-16-7-5-15(4-2)6-8-16/h9H,3-8,10H2,1-2H3,(H,13,14). The molecule has 0 saturated carbocycles. The van der Waals surface area contributed by atoms with Gasteiger partial charge in [0.15, 0.2) is 5.13 Å². The lowest BCUT2D eigenvalue weighted by Gasteiger charge is -2.33. The molecule has 4 nitrogen and oxygen atoms in total. The normalized spacial score (nSPS) is 18.5. The minimum atomic E-state index is 0.947. The molecule has 0 radical (unpaired) electrons. The van der Waals surface area contributed by atoms with E-state index in [9.17, 15) is 0 Å². The molecule has 5 heteroatoms. The van der Waals surface area contributed by atoms with Gasteiger partial charge in [-0.15, -0.1) is 11.3 Å². The van der Waals surface area contributed by atoms with E-state index in [-0.39, 0.29) is 0 Å². The Hall–Kier alpha value is -0.650. The van der Waals surface area contributed by atoms with E-state index in [0.29, 0.717) is 0 Å². The molecular weight excluding hydrogens is 232 g/mol. The molecule has 1 aromatic rings. The predicted octanol–water partition coefficient (Wildman–Crippen LogP) is 1.71. The number of piperazine rings is 1. The number of likely N-dealkylation sites (N-methyl/N-ethyl adjacent to an activating group) is 1. The summed E-state index contributed by atoms with van der Waals surface area (Å²) in [5.74, 6) is 0. The predicted molar refractivity (Wildman–Crippen MR) is 73.7 cm³/mol. The Bertz CT molecular complexity index is 331. The van der Waals surface area contributed by atoms with Gasteiger partial charge in [0.2, 0.25) is 0 Å². The SMILES string of the molecule is CCNc1ncc(CN2CCN(CC)CC2)s1. The highest BCUT2D eigenvalue weighted by atomic mass is 32.1.